The van der Waals surface area contributed by atoms with Crippen LogP contribution in [0.1, 0.15) is 42.1 Å². The summed E-state index contributed by atoms with van der Waals surface area (Å²) in [5, 5.41) is 13.5. The van der Waals surface area contributed by atoms with Crippen LogP contribution in [0.4, 0.5) is 23.2 Å². The lowest BCUT2D eigenvalue weighted by atomic mass is 9.96. The zero-order valence-corrected chi connectivity index (χ0v) is 19.3. The summed E-state index contributed by atoms with van der Waals surface area (Å²) in [5.74, 6) is -0.967. The fourth-order valence-electron chi connectivity index (χ4n) is 4.84. The molecule has 0 bridgehead atoms. The monoisotopic (exact) mass is 493 g/mol. The minimum atomic E-state index is -4.72. The number of benzene rings is 1. The molecule has 11 heteroatoms. The van der Waals surface area contributed by atoms with E-state index in [1.54, 1.807) is 6.92 Å². The lowest BCUT2D eigenvalue weighted by Crippen LogP contribution is -2.57. The second-order valence-corrected chi connectivity index (χ2v) is 8.87. The summed E-state index contributed by atoms with van der Waals surface area (Å²) in [4.78, 5) is 16.7. The van der Waals surface area contributed by atoms with Crippen LogP contribution in [0.3, 0.4) is 0 Å². The summed E-state index contributed by atoms with van der Waals surface area (Å²) in [5.41, 5.74) is -1.16. The van der Waals surface area contributed by atoms with Crippen molar-refractivity contribution in [2.24, 2.45) is 6.98 Å². The summed E-state index contributed by atoms with van der Waals surface area (Å²) in [6.45, 7) is 2.99. The molecule has 0 spiro atoms. The van der Waals surface area contributed by atoms with Gasteiger partial charge in [0.25, 0.3) is 5.56 Å². The molecule has 0 aliphatic carbocycles. The quantitative estimate of drug-likeness (QED) is 0.513. The van der Waals surface area contributed by atoms with Gasteiger partial charge in [-0.2, -0.15) is 23.5 Å². The Balaban J connectivity index is 1.73. The molecule has 1 aliphatic heterocycles. The van der Waals surface area contributed by atoms with Crippen LogP contribution in [-0.4, -0.2) is 44.4 Å². The highest BCUT2D eigenvalue weighted by molar-refractivity contribution is 5.88. The van der Waals surface area contributed by atoms with Gasteiger partial charge in [0, 0.05) is 48.4 Å². The molecule has 4 rings (SSSR count). The molecular weight excluding hydrogens is 464 g/mol. The van der Waals surface area contributed by atoms with Gasteiger partial charge < -0.3 is 9.47 Å². The van der Waals surface area contributed by atoms with Crippen LogP contribution in [0.5, 0.6) is 0 Å². The predicted molar refractivity (Wildman–Crippen MR) is 123 cm³/mol. The second kappa shape index (κ2) is 9.00. The van der Waals surface area contributed by atoms with E-state index in [0.717, 1.165) is 12.1 Å². The van der Waals surface area contributed by atoms with Crippen molar-refractivity contribution >= 4 is 16.7 Å². The highest BCUT2D eigenvalue weighted by atomic mass is 19.4. The maximum atomic E-state index is 13.7. The van der Waals surface area contributed by atoms with Gasteiger partial charge in [0.05, 0.1) is 29.0 Å². The van der Waals surface area contributed by atoms with E-state index in [4.69, 9.17) is 9.37 Å². The number of aromatic nitrogens is 3. The molecule has 3 heterocycles. The van der Waals surface area contributed by atoms with Crippen molar-refractivity contribution in [1.29, 1.82) is 5.26 Å². The predicted octanol–water partition coefficient (Wildman–Crippen LogP) is 4.08. The Morgan fingerprint density at radius 3 is 2.66 bits per heavy atom. The Bertz CT molecular complexity index is 1460. The summed E-state index contributed by atoms with van der Waals surface area (Å²) < 4.78 is 80.0. The van der Waals surface area contributed by atoms with Gasteiger partial charge in [-0.25, -0.2) is 4.39 Å². The summed E-state index contributed by atoms with van der Waals surface area (Å²) in [7, 11) is 0. The van der Waals surface area contributed by atoms with E-state index in [2.05, 4.69) is 5.10 Å². The molecule has 1 fully saturated rings. The smallest absolute Gasteiger partial charge is 0.364 e. The molecule has 2 aromatic heterocycles. The average molecular weight is 494 g/mol. The molecule has 35 heavy (non-hydrogen) atoms. The van der Waals surface area contributed by atoms with Crippen molar-refractivity contribution in [2.45, 2.75) is 51.6 Å². The number of hydrogen-bond acceptors (Lipinski definition) is 5. The van der Waals surface area contributed by atoms with Crippen LogP contribution in [0.25, 0.3) is 11.0 Å². The van der Waals surface area contributed by atoms with E-state index >= 15 is 0 Å². The van der Waals surface area contributed by atoms with Crippen molar-refractivity contribution < 1.29 is 21.7 Å². The van der Waals surface area contributed by atoms with Crippen molar-refractivity contribution in [3.63, 3.8) is 0 Å². The maximum absolute atomic E-state index is 13.7. The van der Waals surface area contributed by atoms with E-state index < -0.39 is 36.1 Å². The van der Waals surface area contributed by atoms with E-state index in [1.807, 2.05) is 29.7 Å². The minimum absolute atomic E-state index is 0.0377. The fourth-order valence-corrected chi connectivity index (χ4v) is 4.84. The van der Waals surface area contributed by atoms with Crippen LogP contribution in [0.15, 0.2) is 35.3 Å². The van der Waals surface area contributed by atoms with Gasteiger partial charge in [-0.1, -0.05) is 6.07 Å². The molecule has 0 N–H and O–H groups in total. The Morgan fingerprint density at radius 1 is 1.26 bits per heavy atom. The van der Waals surface area contributed by atoms with E-state index in [-0.39, 0.29) is 35.2 Å². The lowest BCUT2D eigenvalue weighted by Gasteiger charge is -2.48. The number of nitrogens with zero attached hydrogens (tertiary/aromatic N) is 6. The number of pyridine rings is 1. The number of nitriles is 1. The fraction of sp³-hybridized carbons (Fsp3) is 0.458. The number of aryl methyl sites for hydroxylation is 1. The highest BCUT2D eigenvalue weighted by Crippen LogP contribution is 2.39. The third kappa shape index (κ3) is 4.50. The largest absolute Gasteiger partial charge is 0.416 e. The summed E-state index contributed by atoms with van der Waals surface area (Å²) >= 11 is 0. The van der Waals surface area contributed by atoms with Gasteiger partial charge in [-0.3, -0.25) is 14.4 Å². The number of alkyl halides is 3. The van der Waals surface area contributed by atoms with Gasteiger partial charge in [0.1, 0.15) is 17.9 Å². The Morgan fingerprint density at radius 2 is 2.00 bits per heavy atom. The first kappa shape index (κ1) is 20.9. The van der Waals surface area contributed by atoms with Gasteiger partial charge in [0.15, 0.2) is 0 Å². The van der Waals surface area contributed by atoms with Gasteiger partial charge in [-0.05, 0) is 38.5 Å². The molecule has 3 atom stereocenters. The first-order valence-corrected chi connectivity index (χ1v) is 11.0. The number of rotatable bonds is 4. The summed E-state index contributed by atoms with van der Waals surface area (Å²) in [6.07, 6.45) is -3.38. The van der Waals surface area contributed by atoms with Crippen LogP contribution in [-0.2, 0) is 19.7 Å². The van der Waals surface area contributed by atoms with Crippen LogP contribution in [0.2, 0.25) is 0 Å². The molecule has 0 radical (unpaired) electrons. The molecule has 1 aliphatic rings. The molecule has 1 saturated heterocycles. The van der Waals surface area contributed by atoms with Gasteiger partial charge in [-0.15, -0.1) is 0 Å². The zero-order valence-electron chi connectivity index (χ0n) is 22.3. The highest BCUT2D eigenvalue weighted by Gasteiger charge is 2.39. The lowest BCUT2D eigenvalue weighted by molar-refractivity contribution is -0.139. The average Bonchev–Trinajstić information content (AvgIpc) is 3.21. The van der Waals surface area contributed by atoms with Gasteiger partial charge in [0.2, 0.25) is 0 Å². The third-order valence-corrected chi connectivity index (χ3v) is 6.55. The normalized spacial score (nSPS) is 21.9. The molecule has 0 saturated carbocycles. The Labute approximate surface area is 204 Å². The van der Waals surface area contributed by atoms with Crippen LogP contribution in [0, 0.1) is 17.1 Å². The van der Waals surface area contributed by atoms with Gasteiger partial charge >= 0.3 is 6.18 Å². The molecule has 1 unspecified atom stereocenters. The van der Waals surface area contributed by atoms with E-state index in [9.17, 15) is 22.4 Å². The van der Waals surface area contributed by atoms with E-state index in [0.29, 0.717) is 29.4 Å². The number of anilines is 1. The first-order chi connectivity index (χ1) is 17.6. The van der Waals surface area contributed by atoms with Crippen molar-refractivity contribution in [1.82, 2.24) is 19.2 Å². The second-order valence-electron chi connectivity index (χ2n) is 8.87. The Kier molecular flexibility index (Phi) is 5.38. The molecule has 1 aromatic carbocycles. The first-order valence-electron chi connectivity index (χ1n) is 12.5. The topological polar surface area (TPSA) is 70.1 Å². The van der Waals surface area contributed by atoms with E-state index in [1.165, 1.54) is 16.9 Å². The molecule has 186 valence electrons. The summed E-state index contributed by atoms with van der Waals surface area (Å²) in [6, 6.07) is 4.51. The molecule has 0 amide bonds. The molecule has 3 aromatic rings. The van der Waals surface area contributed by atoms with Crippen molar-refractivity contribution in [3.8, 4) is 6.07 Å². The zero-order chi connectivity index (χ0) is 28.2. The third-order valence-electron chi connectivity index (χ3n) is 6.55. The SMILES string of the molecule is [2H]C([2H])([2H])n1c(=O)cc(N2C[C@@H](C)N(C(C)c3ccc(F)cc3C(F)(F)F)C[C@@H]2C)c2nn(CC#N)cc21. The number of hydrogen-bond donors (Lipinski definition) is 0. The van der Waals surface area contributed by atoms with Crippen molar-refractivity contribution in [2.75, 3.05) is 18.0 Å². The molecule has 7 nitrogen and oxygen atoms in total. The Hall–Kier alpha value is -3.39. The molecular formula is C24H26F4N6O. The minimum Gasteiger partial charge on any atom is -0.364 e. The standard InChI is InChI=1S/C24H26F4N6O/c1-14-12-34(20-10-22(35)31(4)21-13-32(8-7-29)30-23(20)21)15(2)11-33(14)16(3)18-6-5-17(25)9-19(18)24(26,27)28/h5-6,9-10,13-16H,8,11-12H2,1-4H3/t14-,15+,16?/m1/s1/i4D3. The number of halogens is 4. The van der Waals surface area contributed by atoms with Crippen molar-refractivity contribution in [3.05, 3.63) is 57.8 Å². The number of fused-ring (bicyclic) bond motifs is 1. The maximum Gasteiger partial charge on any atom is 0.416 e. The van der Waals surface area contributed by atoms with Crippen LogP contribution >= 0.6 is 0 Å². The van der Waals surface area contributed by atoms with Crippen LogP contribution < -0.4 is 10.5 Å². The number of piperazine rings is 1.